The van der Waals surface area contributed by atoms with Crippen LogP contribution in [0.1, 0.15) is 34.9 Å². The van der Waals surface area contributed by atoms with Gasteiger partial charge in [0, 0.05) is 32.1 Å². The van der Waals surface area contributed by atoms with Crippen molar-refractivity contribution < 1.29 is 13.9 Å². The molecule has 5 rings (SSSR count). The number of carbonyl (C=O) groups is 1. The molecule has 0 aliphatic carbocycles. The van der Waals surface area contributed by atoms with Crippen LogP contribution in [0.5, 0.6) is 0 Å². The highest BCUT2D eigenvalue weighted by atomic mass is 16.5. The Morgan fingerprint density at radius 3 is 2.86 bits per heavy atom. The number of furan rings is 1. The van der Waals surface area contributed by atoms with Gasteiger partial charge in [0.2, 0.25) is 0 Å². The Kier molecular flexibility index (Phi) is 4.48. The number of aromatic nitrogens is 3. The minimum Gasteiger partial charge on any atom is -0.472 e. The van der Waals surface area contributed by atoms with E-state index in [1.165, 1.54) is 12.5 Å². The summed E-state index contributed by atoms with van der Waals surface area (Å²) >= 11 is 0. The average Bonchev–Trinajstić information content (AvgIpc) is 3.43. The lowest BCUT2D eigenvalue weighted by Crippen LogP contribution is -2.39. The summed E-state index contributed by atoms with van der Waals surface area (Å²) in [6, 6.07) is 5.81. The predicted molar refractivity (Wildman–Crippen MR) is 103 cm³/mol. The minimum absolute atomic E-state index is 0.0109. The molecule has 2 aliphatic rings. The second-order valence-electron chi connectivity index (χ2n) is 7.36. The third-order valence-electron chi connectivity index (χ3n) is 5.55. The Morgan fingerprint density at radius 2 is 2.04 bits per heavy atom. The second kappa shape index (κ2) is 7.27. The third kappa shape index (κ3) is 3.24. The van der Waals surface area contributed by atoms with Crippen LogP contribution in [0.3, 0.4) is 0 Å². The number of amides is 1. The van der Waals surface area contributed by atoms with Crippen LogP contribution in [-0.2, 0) is 4.74 Å². The van der Waals surface area contributed by atoms with Crippen molar-refractivity contribution in [2.24, 2.45) is 0 Å². The van der Waals surface area contributed by atoms with Gasteiger partial charge in [0.25, 0.3) is 5.91 Å². The molecule has 5 heterocycles. The first kappa shape index (κ1) is 17.2. The number of anilines is 1. The van der Waals surface area contributed by atoms with E-state index in [2.05, 4.69) is 11.0 Å². The first-order chi connectivity index (χ1) is 13.8. The summed E-state index contributed by atoms with van der Waals surface area (Å²) in [6.45, 7) is 4.68. The molecule has 2 fully saturated rings. The monoisotopic (exact) mass is 381 g/mol. The van der Waals surface area contributed by atoms with Gasteiger partial charge in [-0.25, -0.2) is 9.50 Å². The van der Waals surface area contributed by atoms with E-state index < -0.39 is 0 Å². The van der Waals surface area contributed by atoms with E-state index in [0.29, 0.717) is 12.1 Å². The van der Waals surface area contributed by atoms with Crippen LogP contribution in [0.15, 0.2) is 41.3 Å². The summed E-state index contributed by atoms with van der Waals surface area (Å²) in [6.07, 6.45) is 7.01. The number of fused-ring (bicyclic) bond motifs is 1. The van der Waals surface area contributed by atoms with E-state index in [0.717, 1.165) is 62.8 Å². The average molecular weight is 381 g/mol. The number of ether oxygens (including phenoxy) is 1. The fourth-order valence-electron chi connectivity index (χ4n) is 4.01. The lowest BCUT2D eigenvalue weighted by molar-refractivity contribution is 0.0704. The number of nitrogens with zero attached hydrogens (tertiary/aromatic N) is 5. The van der Waals surface area contributed by atoms with E-state index in [1.54, 1.807) is 6.07 Å². The molecule has 0 spiro atoms. The molecule has 2 aliphatic heterocycles. The molecule has 1 unspecified atom stereocenters. The fraction of sp³-hybridized carbons (Fsp3) is 0.450. The number of hydrogen-bond acceptors (Lipinski definition) is 6. The number of piperidine rings is 1. The Bertz CT molecular complexity index is 962. The quantitative estimate of drug-likeness (QED) is 0.692. The molecule has 8 nitrogen and oxygen atoms in total. The molecular weight excluding hydrogens is 358 g/mol. The Hall–Kier alpha value is -2.87. The molecule has 3 aromatic heterocycles. The molecule has 2 saturated heterocycles. The van der Waals surface area contributed by atoms with E-state index in [1.807, 2.05) is 21.7 Å². The van der Waals surface area contributed by atoms with Crippen molar-refractivity contribution in [3.8, 4) is 0 Å². The maximum absolute atomic E-state index is 12.6. The number of carbonyl (C=O) groups excluding carboxylic acids is 1. The van der Waals surface area contributed by atoms with Gasteiger partial charge in [-0.05, 0) is 31.0 Å². The molecule has 0 saturated carbocycles. The van der Waals surface area contributed by atoms with Gasteiger partial charge in [-0.2, -0.15) is 5.10 Å². The Labute approximate surface area is 162 Å². The molecule has 146 valence electrons. The van der Waals surface area contributed by atoms with Crippen molar-refractivity contribution in [2.75, 3.05) is 44.3 Å². The van der Waals surface area contributed by atoms with Crippen LogP contribution in [0.4, 0.5) is 5.69 Å². The van der Waals surface area contributed by atoms with Crippen molar-refractivity contribution in [1.82, 2.24) is 19.5 Å². The molecule has 0 radical (unpaired) electrons. The van der Waals surface area contributed by atoms with Crippen LogP contribution < -0.4 is 4.90 Å². The highest BCUT2D eigenvalue weighted by molar-refractivity contribution is 5.93. The number of likely N-dealkylation sites (tertiary alicyclic amines) is 1. The standard InChI is InChI=1S/C20H23N5O3/c26-20(16-5-9-28-14-16)24-6-1-2-15(12-24)19-21-18-4-3-17(13-25(18)22-19)23-7-10-27-11-8-23/h3-5,9,13-15H,1-2,6-8,10-12H2. The van der Waals surface area contributed by atoms with Crippen molar-refractivity contribution >= 4 is 17.2 Å². The maximum Gasteiger partial charge on any atom is 0.257 e. The van der Waals surface area contributed by atoms with Gasteiger partial charge in [-0.1, -0.05) is 0 Å². The van der Waals surface area contributed by atoms with E-state index in [-0.39, 0.29) is 11.8 Å². The zero-order valence-corrected chi connectivity index (χ0v) is 15.7. The zero-order valence-electron chi connectivity index (χ0n) is 15.7. The molecule has 1 atom stereocenters. The third-order valence-corrected chi connectivity index (χ3v) is 5.55. The highest BCUT2D eigenvalue weighted by Crippen LogP contribution is 2.27. The molecule has 0 bridgehead atoms. The molecule has 1 amide bonds. The highest BCUT2D eigenvalue weighted by Gasteiger charge is 2.28. The normalized spacial score (nSPS) is 20.6. The van der Waals surface area contributed by atoms with Crippen LogP contribution >= 0.6 is 0 Å². The number of hydrogen-bond donors (Lipinski definition) is 0. The van der Waals surface area contributed by atoms with Gasteiger partial charge in [0.05, 0.1) is 36.9 Å². The zero-order chi connectivity index (χ0) is 18.9. The van der Waals surface area contributed by atoms with Crippen LogP contribution in [0.2, 0.25) is 0 Å². The van der Waals surface area contributed by atoms with Gasteiger partial charge in [-0.3, -0.25) is 4.79 Å². The van der Waals surface area contributed by atoms with E-state index >= 15 is 0 Å². The summed E-state index contributed by atoms with van der Waals surface area (Å²) in [5, 5.41) is 4.74. The summed E-state index contributed by atoms with van der Waals surface area (Å²) in [5.74, 6) is 0.969. The molecular formula is C20H23N5O3. The van der Waals surface area contributed by atoms with Crippen molar-refractivity contribution in [3.63, 3.8) is 0 Å². The topological polar surface area (TPSA) is 76.1 Å². The van der Waals surface area contributed by atoms with Gasteiger partial charge in [-0.15, -0.1) is 0 Å². The van der Waals surface area contributed by atoms with Crippen LogP contribution in [-0.4, -0.2) is 64.8 Å². The van der Waals surface area contributed by atoms with E-state index in [9.17, 15) is 4.79 Å². The smallest absolute Gasteiger partial charge is 0.257 e. The molecule has 0 aromatic carbocycles. The summed E-state index contributed by atoms with van der Waals surface area (Å²) in [5.41, 5.74) is 2.57. The Morgan fingerprint density at radius 1 is 1.14 bits per heavy atom. The first-order valence-corrected chi connectivity index (χ1v) is 9.78. The summed E-state index contributed by atoms with van der Waals surface area (Å²) < 4.78 is 12.3. The second-order valence-corrected chi connectivity index (χ2v) is 7.36. The fourth-order valence-corrected chi connectivity index (χ4v) is 4.01. The van der Waals surface area contributed by atoms with Crippen LogP contribution in [0, 0.1) is 0 Å². The summed E-state index contributed by atoms with van der Waals surface area (Å²) in [4.78, 5) is 21.5. The van der Waals surface area contributed by atoms with Crippen LogP contribution in [0.25, 0.3) is 5.65 Å². The lowest BCUT2D eigenvalue weighted by Gasteiger charge is -2.31. The van der Waals surface area contributed by atoms with E-state index in [4.69, 9.17) is 19.2 Å². The molecule has 28 heavy (non-hydrogen) atoms. The van der Waals surface area contributed by atoms with Gasteiger partial charge in [0.15, 0.2) is 11.5 Å². The molecule has 3 aromatic rings. The maximum atomic E-state index is 12.6. The summed E-state index contributed by atoms with van der Waals surface area (Å²) in [7, 11) is 0. The minimum atomic E-state index is 0.0109. The van der Waals surface area contributed by atoms with Gasteiger partial charge < -0.3 is 19.0 Å². The molecule has 0 N–H and O–H groups in total. The van der Waals surface area contributed by atoms with Crippen molar-refractivity contribution in [2.45, 2.75) is 18.8 Å². The predicted octanol–water partition coefficient (Wildman–Crippen LogP) is 2.18. The number of rotatable bonds is 3. The Balaban J connectivity index is 1.35. The SMILES string of the molecule is O=C(c1ccoc1)N1CCCC(c2nc3ccc(N4CCOCC4)cn3n2)C1. The van der Waals surface area contributed by atoms with Crippen molar-refractivity contribution in [3.05, 3.63) is 48.3 Å². The molecule has 8 heteroatoms. The number of morpholine rings is 1. The lowest BCUT2D eigenvalue weighted by atomic mass is 9.97. The first-order valence-electron chi connectivity index (χ1n) is 9.78. The van der Waals surface area contributed by atoms with Gasteiger partial charge in [0.1, 0.15) is 6.26 Å². The largest absolute Gasteiger partial charge is 0.472 e. The number of pyridine rings is 1. The van der Waals surface area contributed by atoms with Crippen molar-refractivity contribution in [1.29, 1.82) is 0 Å². The van der Waals surface area contributed by atoms with Gasteiger partial charge >= 0.3 is 0 Å².